The Morgan fingerprint density at radius 1 is 1.06 bits per heavy atom. The summed E-state index contributed by atoms with van der Waals surface area (Å²) in [7, 11) is 1.88. The summed E-state index contributed by atoms with van der Waals surface area (Å²) in [5.74, 6) is 0.147. The molecule has 1 unspecified atom stereocenters. The van der Waals surface area contributed by atoms with Gasteiger partial charge in [-0.15, -0.1) is 0 Å². The number of halogens is 1. The van der Waals surface area contributed by atoms with Crippen LogP contribution in [-0.4, -0.2) is 49.4 Å². The van der Waals surface area contributed by atoms with E-state index < -0.39 is 0 Å². The summed E-state index contributed by atoms with van der Waals surface area (Å²) >= 11 is 0. The average Bonchev–Trinajstić information content (AvgIpc) is 3.21. The first-order valence-electron chi connectivity index (χ1n) is 10.5. The molecule has 1 aromatic carbocycles. The van der Waals surface area contributed by atoms with Gasteiger partial charge in [-0.2, -0.15) is 10.1 Å². The Kier molecular flexibility index (Phi) is 5.05. The lowest BCUT2D eigenvalue weighted by molar-refractivity contribution is 0.0392. The molecule has 1 aliphatic heterocycles. The Hall–Kier alpha value is -3.46. The molecule has 0 spiro atoms. The standard InChI is InChI=1S/C23H24FN7O/c1-13-5-6-17(18(24)9-13)20-21-22(27-15(3)14(2)26-21)29-23(28-20)31-7-8-32-19(12-31)16-10-25-30(4)11-16/h5-6,9-11,19H,7-8,12H2,1-4H3. The number of ether oxygens (including phenoxy) is 1. The second-order valence-corrected chi connectivity index (χ2v) is 8.17. The number of fused-ring (bicyclic) bond motifs is 1. The second-order valence-electron chi connectivity index (χ2n) is 8.17. The van der Waals surface area contributed by atoms with Crippen molar-refractivity contribution in [2.24, 2.45) is 7.05 Å². The maximum atomic E-state index is 15.0. The van der Waals surface area contributed by atoms with Gasteiger partial charge in [-0.25, -0.2) is 19.3 Å². The van der Waals surface area contributed by atoms with Crippen LogP contribution in [0.1, 0.15) is 28.6 Å². The molecule has 1 aliphatic rings. The molecule has 0 N–H and O–H groups in total. The largest absolute Gasteiger partial charge is 0.370 e. The fourth-order valence-corrected chi connectivity index (χ4v) is 3.88. The Morgan fingerprint density at radius 3 is 2.62 bits per heavy atom. The van der Waals surface area contributed by atoms with Crippen LogP contribution in [0.25, 0.3) is 22.4 Å². The quantitative estimate of drug-likeness (QED) is 0.489. The highest BCUT2D eigenvalue weighted by Gasteiger charge is 2.27. The van der Waals surface area contributed by atoms with Gasteiger partial charge < -0.3 is 9.64 Å². The van der Waals surface area contributed by atoms with Crippen LogP contribution < -0.4 is 4.90 Å². The molecule has 32 heavy (non-hydrogen) atoms. The zero-order valence-electron chi connectivity index (χ0n) is 18.5. The van der Waals surface area contributed by atoms with E-state index in [0.29, 0.717) is 48.1 Å². The summed E-state index contributed by atoms with van der Waals surface area (Å²) in [5.41, 5.74) is 5.18. The van der Waals surface area contributed by atoms with Crippen molar-refractivity contribution in [2.45, 2.75) is 26.9 Å². The molecular formula is C23H24FN7O. The first-order valence-corrected chi connectivity index (χ1v) is 10.5. The summed E-state index contributed by atoms with van der Waals surface area (Å²) < 4.78 is 22.7. The van der Waals surface area contributed by atoms with Crippen molar-refractivity contribution in [1.29, 1.82) is 0 Å². The number of morpholine rings is 1. The average molecular weight is 433 g/mol. The molecular weight excluding hydrogens is 409 g/mol. The summed E-state index contributed by atoms with van der Waals surface area (Å²) in [5, 5.41) is 4.25. The van der Waals surface area contributed by atoms with Gasteiger partial charge in [0.25, 0.3) is 0 Å². The van der Waals surface area contributed by atoms with Gasteiger partial charge in [-0.1, -0.05) is 6.07 Å². The zero-order chi connectivity index (χ0) is 22.4. The predicted octanol–water partition coefficient (Wildman–Crippen LogP) is 3.46. The van der Waals surface area contributed by atoms with Crippen LogP contribution in [0.2, 0.25) is 0 Å². The smallest absolute Gasteiger partial charge is 0.228 e. The van der Waals surface area contributed by atoms with Gasteiger partial charge >= 0.3 is 0 Å². The molecule has 9 heteroatoms. The third-order valence-corrected chi connectivity index (χ3v) is 5.76. The van der Waals surface area contributed by atoms with Crippen LogP contribution in [0.5, 0.6) is 0 Å². The summed E-state index contributed by atoms with van der Waals surface area (Å²) in [6, 6.07) is 5.11. The van der Waals surface area contributed by atoms with Gasteiger partial charge in [0.2, 0.25) is 5.95 Å². The van der Waals surface area contributed by atoms with E-state index in [-0.39, 0.29) is 11.9 Å². The number of anilines is 1. The first-order chi connectivity index (χ1) is 15.4. The van der Waals surface area contributed by atoms with Crippen LogP contribution >= 0.6 is 0 Å². The van der Waals surface area contributed by atoms with E-state index in [4.69, 9.17) is 14.7 Å². The highest BCUT2D eigenvalue weighted by molar-refractivity contribution is 5.88. The van der Waals surface area contributed by atoms with Gasteiger partial charge in [0.15, 0.2) is 5.65 Å². The molecule has 4 heterocycles. The van der Waals surface area contributed by atoms with Crippen LogP contribution in [0, 0.1) is 26.6 Å². The minimum absolute atomic E-state index is 0.151. The van der Waals surface area contributed by atoms with E-state index in [1.807, 2.05) is 45.0 Å². The maximum absolute atomic E-state index is 15.0. The molecule has 1 fully saturated rings. The maximum Gasteiger partial charge on any atom is 0.228 e. The van der Waals surface area contributed by atoms with Crippen molar-refractivity contribution >= 4 is 17.1 Å². The SMILES string of the molecule is Cc1ccc(-c2nc(N3CCOC(c4cnn(C)c4)C3)nc3nc(C)c(C)nc23)c(F)c1. The van der Waals surface area contributed by atoms with Gasteiger partial charge in [0, 0.05) is 30.9 Å². The zero-order valence-corrected chi connectivity index (χ0v) is 18.5. The number of nitrogens with zero attached hydrogens (tertiary/aromatic N) is 7. The fourth-order valence-electron chi connectivity index (χ4n) is 3.88. The molecule has 0 saturated carbocycles. The van der Waals surface area contributed by atoms with E-state index in [1.165, 1.54) is 6.07 Å². The monoisotopic (exact) mass is 433 g/mol. The minimum Gasteiger partial charge on any atom is -0.370 e. The number of aromatic nitrogens is 6. The number of hydrogen-bond acceptors (Lipinski definition) is 7. The Labute approximate surface area is 185 Å². The molecule has 1 saturated heterocycles. The van der Waals surface area contributed by atoms with Crippen molar-refractivity contribution < 1.29 is 9.13 Å². The van der Waals surface area contributed by atoms with Gasteiger partial charge in [-0.3, -0.25) is 4.68 Å². The van der Waals surface area contributed by atoms with Gasteiger partial charge in [0.1, 0.15) is 23.1 Å². The van der Waals surface area contributed by atoms with Crippen molar-refractivity contribution in [3.63, 3.8) is 0 Å². The first kappa shape index (κ1) is 20.4. The number of hydrogen-bond donors (Lipinski definition) is 0. The highest BCUT2D eigenvalue weighted by atomic mass is 19.1. The van der Waals surface area contributed by atoms with Crippen molar-refractivity contribution in [2.75, 3.05) is 24.6 Å². The molecule has 0 bridgehead atoms. The van der Waals surface area contributed by atoms with Crippen molar-refractivity contribution in [3.05, 3.63) is 58.9 Å². The summed E-state index contributed by atoms with van der Waals surface area (Å²) in [6.45, 7) is 7.33. The Bertz CT molecular complexity index is 1320. The van der Waals surface area contributed by atoms with Crippen LogP contribution in [0.15, 0.2) is 30.6 Å². The number of benzene rings is 1. The molecule has 4 aromatic rings. The molecule has 3 aromatic heterocycles. The molecule has 1 atom stereocenters. The number of aryl methyl sites for hydroxylation is 4. The van der Waals surface area contributed by atoms with E-state index in [2.05, 4.69) is 15.1 Å². The third kappa shape index (κ3) is 3.69. The molecule has 0 radical (unpaired) electrons. The van der Waals surface area contributed by atoms with Gasteiger partial charge in [0.05, 0.1) is 30.7 Å². The lowest BCUT2D eigenvalue weighted by Crippen LogP contribution is -2.39. The number of rotatable bonds is 3. The molecule has 164 valence electrons. The summed E-state index contributed by atoms with van der Waals surface area (Å²) in [4.78, 5) is 20.8. The summed E-state index contributed by atoms with van der Waals surface area (Å²) in [6.07, 6.45) is 3.60. The van der Waals surface area contributed by atoms with Crippen LogP contribution in [0.3, 0.4) is 0 Å². The second kappa shape index (κ2) is 7.90. The van der Waals surface area contributed by atoms with Crippen molar-refractivity contribution in [1.82, 2.24) is 29.7 Å². The molecule has 0 aliphatic carbocycles. The predicted molar refractivity (Wildman–Crippen MR) is 119 cm³/mol. The topological polar surface area (TPSA) is 81.9 Å². The van der Waals surface area contributed by atoms with E-state index >= 15 is 0 Å². The minimum atomic E-state index is -0.341. The Morgan fingerprint density at radius 2 is 1.88 bits per heavy atom. The fraction of sp³-hybridized carbons (Fsp3) is 0.348. The Balaban J connectivity index is 1.62. The van der Waals surface area contributed by atoms with Crippen molar-refractivity contribution in [3.8, 4) is 11.3 Å². The lowest BCUT2D eigenvalue weighted by atomic mass is 10.1. The van der Waals surface area contributed by atoms with E-state index in [9.17, 15) is 4.39 Å². The molecule has 8 nitrogen and oxygen atoms in total. The lowest BCUT2D eigenvalue weighted by Gasteiger charge is -2.32. The van der Waals surface area contributed by atoms with E-state index in [1.54, 1.807) is 16.9 Å². The third-order valence-electron chi connectivity index (χ3n) is 5.76. The van der Waals surface area contributed by atoms with E-state index in [0.717, 1.165) is 22.5 Å². The van der Waals surface area contributed by atoms with Gasteiger partial charge in [-0.05, 0) is 38.5 Å². The van der Waals surface area contributed by atoms with Crippen LogP contribution in [-0.2, 0) is 11.8 Å². The van der Waals surface area contributed by atoms with Crippen LogP contribution in [0.4, 0.5) is 10.3 Å². The molecule has 0 amide bonds. The normalized spacial score (nSPS) is 16.7. The molecule has 5 rings (SSSR count). The highest BCUT2D eigenvalue weighted by Crippen LogP contribution is 2.31.